The minimum Gasteiger partial charge on any atom is -0.494 e. The Morgan fingerprint density at radius 2 is 1.92 bits per heavy atom. The van der Waals surface area contributed by atoms with Crippen molar-refractivity contribution < 1.29 is 29.0 Å². The first-order valence-corrected chi connectivity index (χ1v) is 14.2. The summed E-state index contributed by atoms with van der Waals surface area (Å²) in [6, 6.07) is 5.73. The van der Waals surface area contributed by atoms with Crippen LogP contribution in [0.2, 0.25) is 0 Å². The number of hydrogen-bond acceptors (Lipinski definition) is 6. The Labute approximate surface area is 225 Å². The molecule has 3 fully saturated rings. The molecule has 38 heavy (non-hydrogen) atoms. The van der Waals surface area contributed by atoms with Gasteiger partial charge in [-0.2, -0.15) is 0 Å². The van der Waals surface area contributed by atoms with Gasteiger partial charge >= 0.3 is 0 Å². The van der Waals surface area contributed by atoms with Gasteiger partial charge in [0.15, 0.2) is 0 Å². The number of ether oxygens (including phenoxy) is 2. The maximum Gasteiger partial charge on any atom is 0.245 e. The van der Waals surface area contributed by atoms with Crippen LogP contribution in [0.5, 0.6) is 5.75 Å². The van der Waals surface area contributed by atoms with Crippen molar-refractivity contribution in [1.29, 1.82) is 0 Å². The standard InChI is InChI=1S/C29H43N3O6/c1-5-7-8-15-30-27(35)25-29-14-13-22(38-29)23(24(29)28(36)32(25)20(17-33)16-18(3)4)26(34)31-19-9-11-21(12-10-19)37-6-2/h9-12,18,20,22-25,33H,5-8,13-17H2,1-4H3,(H,30,35)(H,31,34)/t20-,22-,23+,24+,25?,29?/m1/s1. The molecule has 3 aliphatic heterocycles. The van der Waals surface area contributed by atoms with Crippen molar-refractivity contribution >= 4 is 23.4 Å². The topological polar surface area (TPSA) is 117 Å². The smallest absolute Gasteiger partial charge is 0.245 e. The summed E-state index contributed by atoms with van der Waals surface area (Å²) in [5, 5.41) is 16.3. The highest BCUT2D eigenvalue weighted by molar-refractivity contribution is 6.02. The monoisotopic (exact) mass is 529 g/mol. The van der Waals surface area contributed by atoms with E-state index in [9.17, 15) is 19.5 Å². The molecule has 6 atom stereocenters. The summed E-state index contributed by atoms with van der Waals surface area (Å²) in [5.74, 6) is -1.37. The van der Waals surface area contributed by atoms with Gasteiger partial charge in [0.2, 0.25) is 17.7 Å². The third-order valence-electron chi connectivity index (χ3n) is 8.15. The van der Waals surface area contributed by atoms with Crippen LogP contribution in [-0.4, -0.2) is 71.3 Å². The lowest BCUT2D eigenvalue weighted by Crippen LogP contribution is -2.58. The molecule has 1 aromatic rings. The number of aliphatic hydroxyl groups excluding tert-OH is 1. The van der Waals surface area contributed by atoms with Gasteiger partial charge in [-0.3, -0.25) is 14.4 Å². The Hall–Kier alpha value is -2.65. The summed E-state index contributed by atoms with van der Waals surface area (Å²) in [4.78, 5) is 42.9. The molecule has 3 aliphatic rings. The number of benzene rings is 1. The zero-order valence-electron chi connectivity index (χ0n) is 23.1. The van der Waals surface area contributed by atoms with Crippen LogP contribution in [0.1, 0.15) is 66.2 Å². The fourth-order valence-electron chi connectivity index (χ4n) is 6.61. The zero-order valence-corrected chi connectivity index (χ0v) is 23.1. The van der Waals surface area contributed by atoms with Crippen LogP contribution >= 0.6 is 0 Å². The van der Waals surface area contributed by atoms with Crippen molar-refractivity contribution in [3.05, 3.63) is 24.3 Å². The number of aliphatic hydroxyl groups is 1. The van der Waals surface area contributed by atoms with Crippen molar-refractivity contribution in [3.63, 3.8) is 0 Å². The first-order valence-electron chi connectivity index (χ1n) is 14.2. The van der Waals surface area contributed by atoms with Crippen LogP contribution < -0.4 is 15.4 Å². The van der Waals surface area contributed by atoms with Crippen LogP contribution in [0.4, 0.5) is 5.69 Å². The molecule has 2 unspecified atom stereocenters. The molecule has 3 heterocycles. The first kappa shape index (κ1) is 28.4. The molecule has 9 heteroatoms. The Balaban J connectivity index is 1.61. The summed E-state index contributed by atoms with van der Waals surface area (Å²) < 4.78 is 12.0. The summed E-state index contributed by atoms with van der Waals surface area (Å²) in [7, 11) is 0. The van der Waals surface area contributed by atoms with Crippen molar-refractivity contribution in [2.45, 2.75) is 90.0 Å². The van der Waals surface area contributed by atoms with E-state index in [0.717, 1.165) is 19.3 Å². The second kappa shape index (κ2) is 12.0. The third-order valence-corrected chi connectivity index (χ3v) is 8.15. The minimum absolute atomic E-state index is 0.210. The van der Waals surface area contributed by atoms with Gasteiger partial charge in [-0.05, 0) is 62.8 Å². The predicted molar refractivity (Wildman–Crippen MR) is 144 cm³/mol. The Kier molecular flexibility index (Phi) is 8.98. The Bertz CT molecular complexity index is 999. The maximum absolute atomic E-state index is 14.1. The quantitative estimate of drug-likeness (QED) is 0.338. The van der Waals surface area contributed by atoms with Crippen molar-refractivity contribution in [1.82, 2.24) is 10.2 Å². The average Bonchev–Trinajstić information content (AvgIpc) is 3.53. The van der Waals surface area contributed by atoms with E-state index in [1.165, 1.54) is 0 Å². The maximum atomic E-state index is 14.1. The largest absolute Gasteiger partial charge is 0.494 e. The molecular formula is C29H43N3O6. The lowest BCUT2D eigenvalue weighted by Gasteiger charge is -2.37. The van der Waals surface area contributed by atoms with Gasteiger partial charge in [0.25, 0.3) is 0 Å². The van der Waals surface area contributed by atoms with E-state index in [1.807, 2.05) is 20.8 Å². The highest BCUT2D eigenvalue weighted by Crippen LogP contribution is 2.59. The van der Waals surface area contributed by atoms with Crippen LogP contribution in [-0.2, 0) is 19.1 Å². The number of fused-ring (bicyclic) bond motifs is 1. The molecule has 2 bridgehead atoms. The average molecular weight is 530 g/mol. The first-order chi connectivity index (χ1) is 18.3. The van der Waals surface area contributed by atoms with Gasteiger partial charge in [0, 0.05) is 12.2 Å². The SMILES string of the molecule is CCCCCNC(=O)C1N([C@@H](CO)CC(C)C)C(=O)[C@@H]2[C@@H](C(=O)Nc3ccc(OCC)cc3)[C@H]3CCC12O3. The molecule has 0 saturated carbocycles. The number of anilines is 1. The van der Waals surface area contributed by atoms with Gasteiger partial charge < -0.3 is 30.1 Å². The van der Waals surface area contributed by atoms with E-state index in [0.29, 0.717) is 43.9 Å². The Morgan fingerprint density at radius 1 is 1.18 bits per heavy atom. The van der Waals surface area contributed by atoms with E-state index in [-0.39, 0.29) is 30.2 Å². The van der Waals surface area contributed by atoms with E-state index in [2.05, 4.69) is 17.6 Å². The summed E-state index contributed by atoms with van der Waals surface area (Å²) in [5.41, 5.74) is -0.460. The summed E-state index contributed by atoms with van der Waals surface area (Å²) >= 11 is 0. The zero-order chi connectivity index (χ0) is 27.4. The highest BCUT2D eigenvalue weighted by atomic mass is 16.5. The van der Waals surface area contributed by atoms with Gasteiger partial charge in [0.05, 0.1) is 37.2 Å². The molecular weight excluding hydrogens is 486 g/mol. The molecule has 3 amide bonds. The second-order valence-electron chi connectivity index (χ2n) is 11.2. The molecule has 210 valence electrons. The van der Waals surface area contributed by atoms with E-state index >= 15 is 0 Å². The van der Waals surface area contributed by atoms with Crippen LogP contribution in [0.15, 0.2) is 24.3 Å². The summed E-state index contributed by atoms with van der Waals surface area (Å²) in [6.07, 6.45) is 4.15. The number of hydrogen-bond donors (Lipinski definition) is 3. The normalized spacial score (nSPS) is 28.5. The number of carbonyl (C=O) groups excluding carboxylic acids is 3. The number of nitrogens with one attached hydrogen (secondary N) is 2. The van der Waals surface area contributed by atoms with Crippen LogP contribution in [0.25, 0.3) is 0 Å². The number of likely N-dealkylation sites (tertiary alicyclic amines) is 1. The van der Waals surface area contributed by atoms with Crippen molar-refractivity contribution in [3.8, 4) is 5.75 Å². The summed E-state index contributed by atoms with van der Waals surface area (Å²) in [6.45, 7) is 8.88. The number of amides is 3. The van der Waals surface area contributed by atoms with E-state index in [4.69, 9.17) is 9.47 Å². The lowest BCUT2D eigenvalue weighted by molar-refractivity contribution is -0.145. The van der Waals surface area contributed by atoms with Crippen molar-refractivity contribution in [2.75, 3.05) is 25.1 Å². The third kappa shape index (κ3) is 5.27. The minimum atomic E-state index is -1.07. The van der Waals surface area contributed by atoms with E-state index < -0.39 is 35.6 Å². The van der Waals surface area contributed by atoms with Crippen LogP contribution in [0.3, 0.4) is 0 Å². The molecule has 1 spiro atoms. The van der Waals surface area contributed by atoms with E-state index in [1.54, 1.807) is 29.2 Å². The molecule has 3 N–H and O–H groups in total. The van der Waals surface area contributed by atoms with Gasteiger partial charge in [-0.25, -0.2) is 0 Å². The Morgan fingerprint density at radius 3 is 2.55 bits per heavy atom. The number of rotatable bonds is 13. The molecule has 4 rings (SSSR count). The molecule has 0 aromatic heterocycles. The molecule has 3 saturated heterocycles. The lowest BCUT2D eigenvalue weighted by atomic mass is 9.70. The number of nitrogens with zero attached hydrogens (tertiary/aromatic N) is 1. The number of unbranched alkanes of at least 4 members (excludes halogenated alkanes) is 2. The van der Waals surface area contributed by atoms with Crippen molar-refractivity contribution in [2.24, 2.45) is 17.8 Å². The van der Waals surface area contributed by atoms with Crippen LogP contribution in [0, 0.1) is 17.8 Å². The fourth-order valence-corrected chi connectivity index (χ4v) is 6.61. The van der Waals surface area contributed by atoms with Gasteiger partial charge in [-0.15, -0.1) is 0 Å². The highest BCUT2D eigenvalue weighted by Gasteiger charge is 2.75. The fraction of sp³-hybridized carbons (Fsp3) is 0.690. The molecule has 0 aliphatic carbocycles. The second-order valence-corrected chi connectivity index (χ2v) is 11.2. The van der Waals surface area contributed by atoms with Gasteiger partial charge in [0.1, 0.15) is 17.4 Å². The molecule has 1 aromatic carbocycles. The molecule has 0 radical (unpaired) electrons. The van der Waals surface area contributed by atoms with Gasteiger partial charge in [-0.1, -0.05) is 33.6 Å². The number of carbonyl (C=O) groups is 3. The predicted octanol–water partition coefficient (Wildman–Crippen LogP) is 3.11. The molecule has 9 nitrogen and oxygen atoms in total.